The molecule has 13 aromatic rings. The Bertz CT molecular complexity index is 5310. The summed E-state index contributed by atoms with van der Waals surface area (Å²) in [4.78, 5) is 6.98. The molecular formula is C90H103N9O14. The molecule has 592 valence electrons. The normalized spacial score (nSPS) is 16.5. The number of furan rings is 3. The van der Waals surface area contributed by atoms with Crippen molar-refractivity contribution in [3.8, 4) is 63.7 Å². The van der Waals surface area contributed by atoms with E-state index in [-0.39, 0.29) is 37.1 Å². The third-order valence-electron chi connectivity index (χ3n) is 21.9. The van der Waals surface area contributed by atoms with Crippen molar-refractivity contribution in [2.24, 2.45) is 0 Å². The van der Waals surface area contributed by atoms with Gasteiger partial charge in [0, 0.05) is 55.1 Å². The van der Waals surface area contributed by atoms with Gasteiger partial charge in [0.05, 0.1) is 16.2 Å². The summed E-state index contributed by atoms with van der Waals surface area (Å²) < 4.78 is 64.7. The van der Waals surface area contributed by atoms with Crippen LogP contribution in [0.2, 0.25) is 0 Å². The summed E-state index contributed by atoms with van der Waals surface area (Å²) in [5.74, 6) is 9.82. The lowest BCUT2D eigenvalue weighted by molar-refractivity contribution is 0.0598. The number of aliphatic hydroxyl groups excluding tert-OH is 3. The zero-order valence-electron chi connectivity index (χ0n) is 66.1. The molecule has 17 rings (SSSR count). The molecule has 3 fully saturated rings. The number of aryl methyl sites for hydroxylation is 2. The maximum absolute atomic E-state index is 10.8. The van der Waals surface area contributed by atoms with E-state index in [1.807, 2.05) is 127 Å². The summed E-state index contributed by atoms with van der Waals surface area (Å²) in [5, 5.41) is 61.9. The number of hydrogen-bond donors (Lipinski definition) is 3. The first-order valence-corrected chi connectivity index (χ1v) is 39.9. The number of piperidine rings is 3. The van der Waals surface area contributed by atoms with Crippen LogP contribution in [0.25, 0.3) is 78.6 Å². The molecule has 0 bridgehead atoms. The topological polar surface area (TPSA) is 273 Å². The molecule has 0 aliphatic carbocycles. The fourth-order valence-corrected chi connectivity index (χ4v) is 15.3. The molecule has 0 spiro atoms. The van der Waals surface area contributed by atoms with Gasteiger partial charge in [-0.1, -0.05) is 133 Å². The van der Waals surface area contributed by atoms with E-state index < -0.39 is 18.3 Å². The van der Waals surface area contributed by atoms with Crippen LogP contribution in [0.5, 0.6) is 28.7 Å². The number of aliphatic hydroxyl groups is 3. The van der Waals surface area contributed by atoms with Crippen LogP contribution in [0.4, 0.5) is 0 Å². The first kappa shape index (κ1) is 77.9. The zero-order valence-corrected chi connectivity index (χ0v) is 66.1. The minimum absolute atomic E-state index is 0.144. The molecule has 113 heavy (non-hydrogen) atoms. The first-order chi connectivity index (χ1) is 54.7. The van der Waals surface area contributed by atoms with Gasteiger partial charge in [0.15, 0.2) is 28.8 Å². The molecule has 23 heteroatoms. The van der Waals surface area contributed by atoms with Gasteiger partial charge in [-0.2, -0.15) is 0 Å². The average molecular weight is 1530 g/mol. The minimum Gasteiger partial charge on any atom is -0.490 e. The van der Waals surface area contributed by atoms with E-state index in [0.29, 0.717) is 137 Å². The molecule has 7 aromatic carbocycles. The van der Waals surface area contributed by atoms with E-state index in [1.54, 1.807) is 0 Å². The Morgan fingerprint density at radius 3 is 1.22 bits per heavy atom. The quantitative estimate of drug-likeness (QED) is 0.0537. The molecule has 0 unspecified atom stereocenters. The van der Waals surface area contributed by atoms with Gasteiger partial charge in [0.1, 0.15) is 85.3 Å². The van der Waals surface area contributed by atoms with Crippen LogP contribution in [0, 0.1) is 13.8 Å². The monoisotopic (exact) mass is 1530 g/mol. The first-order valence-electron chi connectivity index (χ1n) is 39.9. The zero-order chi connectivity index (χ0) is 78.3. The Labute approximate surface area is 658 Å². The van der Waals surface area contributed by atoms with Crippen LogP contribution in [0.15, 0.2) is 178 Å². The molecule has 3 atom stereocenters. The maximum atomic E-state index is 10.8. The molecule has 23 nitrogen and oxygen atoms in total. The number of β-amino-alcohol motifs (C(OH)–C–C–N with tert-alkyl or cyclic N) is 3. The highest BCUT2D eigenvalue weighted by Gasteiger charge is 2.30. The molecule has 0 saturated carbocycles. The predicted octanol–water partition coefficient (Wildman–Crippen LogP) is 17.4. The Morgan fingerprint density at radius 1 is 0.398 bits per heavy atom. The van der Waals surface area contributed by atoms with Gasteiger partial charge in [0.25, 0.3) is 17.7 Å². The summed E-state index contributed by atoms with van der Waals surface area (Å²) in [5.41, 5.74) is 8.62. The molecule has 10 heterocycles. The number of hydrogen-bond acceptors (Lipinski definition) is 23. The lowest BCUT2D eigenvalue weighted by atomic mass is 9.88. The van der Waals surface area contributed by atoms with Gasteiger partial charge < -0.3 is 80.2 Å². The van der Waals surface area contributed by atoms with E-state index in [2.05, 4.69) is 132 Å². The van der Waals surface area contributed by atoms with Crippen molar-refractivity contribution in [3.05, 3.63) is 197 Å². The van der Waals surface area contributed by atoms with Crippen LogP contribution < -0.4 is 23.7 Å². The highest BCUT2D eigenvalue weighted by molar-refractivity contribution is 5.89. The molecule has 0 radical (unpaired) electrons. The van der Waals surface area contributed by atoms with Crippen LogP contribution in [0.3, 0.4) is 0 Å². The minimum atomic E-state index is -0.609. The summed E-state index contributed by atoms with van der Waals surface area (Å²) in [6.07, 6.45) is 4.72. The number of benzene rings is 7. The molecule has 4 aliphatic rings. The van der Waals surface area contributed by atoms with Crippen LogP contribution in [-0.2, 0) is 5.41 Å². The number of fused-ring (bicyclic) bond motifs is 5. The highest BCUT2D eigenvalue weighted by Crippen LogP contribution is 2.41. The second-order valence-corrected chi connectivity index (χ2v) is 32.2. The molecular weight excluding hydrogens is 1430 g/mol. The molecule has 6 aromatic heterocycles. The number of nitrogens with zero attached hydrogens (tertiary/aromatic N) is 9. The van der Waals surface area contributed by atoms with Crippen molar-refractivity contribution in [1.82, 2.24) is 45.3 Å². The van der Waals surface area contributed by atoms with E-state index in [9.17, 15) is 15.3 Å². The molecule has 0 amide bonds. The molecule has 4 aliphatic heterocycles. The van der Waals surface area contributed by atoms with E-state index in [4.69, 9.17) is 50.2 Å². The van der Waals surface area contributed by atoms with Gasteiger partial charge in [-0.15, -0.1) is 30.6 Å². The van der Waals surface area contributed by atoms with Gasteiger partial charge in [-0.3, -0.25) is 0 Å². The van der Waals surface area contributed by atoms with Gasteiger partial charge >= 0.3 is 0 Å². The van der Waals surface area contributed by atoms with Crippen molar-refractivity contribution in [2.45, 2.75) is 154 Å². The summed E-state index contributed by atoms with van der Waals surface area (Å²) >= 11 is 0. The van der Waals surface area contributed by atoms with Crippen LogP contribution >= 0.6 is 0 Å². The van der Waals surface area contributed by atoms with Gasteiger partial charge in [-0.25, -0.2) is 0 Å². The summed E-state index contributed by atoms with van der Waals surface area (Å²) in [7, 11) is 0. The summed E-state index contributed by atoms with van der Waals surface area (Å²) in [6, 6.07) is 50.9. The highest BCUT2D eigenvalue weighted by atomic mass is 16.6. The smallest absolute Gasteiger partial charge is 0.283 e. The van der Waals surface area contributed by atoms with Crippen molar-refractivity contribution in [2.75, 3.05) is 91.9 Å². The standard InChI is InChI=1S/C31H33N3O4.C30H35N3O6.C29H35N3O4/c1-20(2)30-32-33-31(38-30)29-17-26-27(8-5-9-28(26)37-29)36-19-25(35)18-34-14-12-22(13-15-34)24-11-10-21-6-3-4-7-23(21)16-24;1-30(2,3)29-32-31-28(39-29)27-16-22-23(5-4-6-24(22)38-27)37-18-21(34)17-33-11-9-19(10-12-33)20-7-8-25-26(15-20)36-14-13-35-25;1-18(2)28-30-31-29(36-28)27-15-24-25(6-5-7-26(24)35-27)34-17-23(33)16-32-12-10-21(11-13-32)22-9-8-19(3)20(4)14-22/h3-11,16-17,20,22,25,35H,12-15,18-19H2,1-2H3;4-8,15-16,19,21,34H,9-14,17-18H2,1-3H3;5-9,14-15,18,21,23,33H,10-13,16-17H2,1-4H3/t25-;21-;23-/m000/s1. The fraction of sp³-hybridized carbons (Fsp3) is 0.422. The van der Waals surface area contributed by atoms with Crippen molar-refractivity contribution in [1.29, 1.82) is 0 Å². The second-order valence-electron chi connectivity index (χ2n) is 32.2. The number of rotatable bonds is 23. The maximum Gasteiger partial charge on any atom is 0.283 e. The Kier molecular flexibility index (Phi) is 24.1. The number of likely N-dealkylation sites (tertiary alicyclic amines) is 3. The fourth-order valence-electron chi connectivity index (χ4n) is 15.3. The summed E-state index contributed by atoms with van der Waals surface area (Å²) in [6.45, 7) is 27.7. The van der Waals surface area contributed by atoms with E-state index >= 15 is 0 Å². The predicted molar refractivity (Wildman–Crippen MR) is 432 cm³/mol. The van der Waals surface area contributed by atoms with Crippen molar-refractivity contribution < 1.29 is 65.5 Å². The third-order valence-corrected chi connectivity index (χ3v) is 21.9. The van der Waals surface area contributed by atoms with Gasteiger partial charge in [0.2, 0.25) is 17.7 Å². The Balaban J connectivity index is 0.000000134. The number of aromatic nitrogens is 6. The van der Waals surface area contributed by atoms with E-state index in [1.165, 1.54) is 38.6 Å². The second kappa shape index (κ2) is 34.9. The van der Waals surface area contributed by atoms with E-state index in [0.717, 1.165) is 105 Å². The molecule has 3 saturated heterocycles. The number of ether oxygens (including phenoxy) is 5. The largest absolute Gasteiger partial charge is 0.490 e. The lowest BCUT2D eigenvalue weighted by Gasteiger charge is -2.33. The third kappa shape index (κ3) is 19.0. The Morgan fingerprint density at radius 2 is 0.796 bits per heavy atom. The van der Waals surface area contributed by atoms with Crippen LogP contribution in [0.1, 0.15) is 162 Å². The van der Waals surface area contributed by atoms with Crippen molar-refractivity contribution in [3.63, 3.8) is 0 Å². The Hall–Kier alpha value is -10.4. The average Bonchev–Trinajstić information content (AvgIpc) is 1.69. The van der Waals surface area contributed by atoms with Gasteiger partial charge in [-0.05, 0) is 197 Å². The lowest BCUT2D eigenvalue weighted by Crippen LogP contribution is -2.40. The SMILES string of the molecule is CC(C)(C)c1nnc(-c2cc3c(OC[C@@H](O)CN4CCC(c5ccc6c(c5)OCCO6)CC4)cccc3o2)o1.CC(C)c1nnc(-c2cc3c(OC[C@@H](O)CN4CCC(c5ccc6ccccc6c5)CC4)cccc3o2)o1.Cc1ccc(C2CCN(C[C@H](O)COc3cccc4oc(-c5nnc(C(C)C)o5)cc34)CC2)cc1C. The van der Waals surface area contributed by atoms with Crippen molar-refractivity contribution >= 4 is 43.7 Å². The van der Waals surface area contributed by atoms with Crippen LogP contribution in [-0.4, -0.2) is 171 Å². The molecule has 3 N–H and O–H groups in total.